The molecule has 1 aromatic heterocycles. The molecule has 1 saturated carbocycles. The Balaban J connectivity index is 1.95. The van der Waals surface area contributed by atoms with E-state index in [9.17, 15) is 0 Å². The summed E-state index contributed by atoms with van der Waals surface area (Å²) >= 11 is 1.88. The average molecular weight is 223 g/mol. The van der Waals surface area contributed by atoms with Crippen LogP contribution in [0, 0.1) is 5.92 Å². The molecule has 1 fully saturated rings. The average Bonchev–Trinajstić information content (AvgIpc) is 2.95. The van der Waals surface area contributed by atoms with Crippen molar-refractivity contribution in [3.63, 3.8) is 0 Å². The van der Waals surface area contributed by atoms with Crippen molar-refractivity contribution in [3.05, 3.63) is 22.4 Å². The zero-order chi connectivity index (χ0) is 10.7. The van der Waals surface area contributed by atoms with Crippen LogP contribution in [0.4, 0.5) is 0 Å². The van der Waals surface area contributed by atoms with Gasteiger partial charge in [0.05, 0.1) is 0 Å². The van der Waals surface area contributed by atoms with Crippen LogP contribution in [0.25, 0.3) is 0 Å². The number of nitrogens with one attached hydrogen (secondary N) is 1. The van der Waals surface area contributed by atoms with Gasteiger partial charge in [-0.15, -0.1) is 11.3 Å². The molecule has 0 radical (unpaired) electrons. The van der Waals surface area contributed by atoms with Gasteiger partial charge in [0.15, 0.2) is 0 Å². The van der Waals surface area contributed by atoms with Crippen molar-refractivity contribution in [2.24, 2.45) is 5.92 Å². The van der Waals surface area contributed by atoms with Crippen LogP contribution >= 0.6 is 11.3 Å². The van der Waals surface area contributed by atoms with E-state index < -0.39 is 0 Å². The van der Waals surface area contributed by atoms with Crippen molar-refractivity contribution < 1.29 is 0 Å². The van der Waals surface area contributed by atoms with Crippen molar-refractivity contribution in [1.82, 2.24) is 5.32 Å². The Kier molecular flexibility index (Phi) is 3.81. The molecule has 84 valence electrons. The number of hydrogen-bond donors (Lipinski definition) is 1. The molecule has 1 aliphatic carbocycles. The Hall–Kier alpha value is -0.340. The molecule has 2 heteroatoms. The third-order valence-electron chi connectivity index (χ3n) is 3.34. The van der Waals surface area contributed by atoms with E-state index in [2.05, 4.69) is 36.7 Å². The number of hydrogen-bond acceptors (Lipinski definition) is 2. The van der Waals surface area contributed by atoms with Gasteiger partial charge >= 0.3 is 0 Å². The van der Waals surface area contributed by atoms with Crippen LogP contribution in [0.2, 0.25) is 0 Å². The Labute approximate surface area is 96.9 Å². The van der Waals surface area contributed by atoms with E-state index in [4.69, 9.17) is 0 Å². The molecule has 0 bridgehead atoms. The standard InChI is InChI=1S/C13H21NS/c1-3-11(10-7-8-10)14-12(4-2)13-6-5-9-15-13/h5-6,9-12,14H,3-4,7-8H2,1-2H3. The lowest BCUT2D eigenvalue weighted by Gasteiger charge is -2.23. The fourth-order valence-corrected chi connectivity index (χ4v) is 3.11. The molecule has 2 rings (SSSR count). The molecule has 0 amide bonds. The molecule has 0 saturated heterocycles. The Morgan fingerprint density at radius 3 is 2.67 bits per heavy atom. The molecular weight excluding hydrogens is 202 g/mol. The van der Waals surface area contributed by atoms with Crippen molar-refractivity contribution in [3.8, 4) is 0 Å². The van der Waals surface area contributed by atoms with Gasteiger partial charge in [-0.3, -0.25) is 0 Å². The lowest BCUT2D eigenvalue weighted by molar-refractivity contribution is 0.386. The van der Waals surface area contributed by atoms with Gasteiger partial charge in [0.1, 0.15) is 0 Å². The van der Waals surface area contributed by atoms with E-state index in [0.29, 0.717) is 6.04 Å². The van der Waals surface area contributed by atoms with Crippen LogP contribution in [0.15, 0.2) is 17.5 Å². The maximum absolute atomic E-state index is 3.83. The van der Waals surface area contributed by atoms with Gasteiger partial charge in [-0.2, -0.15) is 0 Å². The van der Waals surface area contributed by atoms with E-state index in [1.165, 1.54) is 30.6 Å². The summed E-state index contributed by atoms with van der Waals surface area (Å²) in [5.41, 5.74) is 0. The van der Waals surface area contributed by atoms with Crippen molar-refractivity contribution in [2.45, 2.75) is 51.6 Å². The summed E-state index contributed by atoms with van der Waals surface area (Å²) in [6.07, 6.45) is 5.34. The fraction of sp³-hybridized carbons (Fsp3) is 0.692. The minimum atomic E-state index is 0.579. The molecule has 0 aromatic carbocycles. The summed E-state index contributed by atoms with van der Waals surface area (Å²) in [5, 5.41) is 6.01. The van der Waals surface area contributed by atoms with Gasteiger partial charge < -0.3 is 5.32 Å². The number of thiophene rings is 1. The molecule has 2 atom stereocenters. The second kappa shape index (κ2) is 5.13. The van der Waals surface area contributed by atoms with Gasteiger partial charge in [0.25, 0.3) is 0 Å². The first-order valence-electron chi connectivity index (χ1n) is 6.14. The van der Waals surface area contributed by atoms with Crippen LogP contribution in [-0.2, 0) is 0 Å². The highest BCUT2D eigenvalue weighted by Gasteiger charge is 2.31. The lowest BCUT2D eigenvalue weighted by Crippen LogP contribution is -2.33. The van der Waals surface area contributed by atoms with Gasteiger partial charge in [-0.1, -0.05) is 19.9 Å². The highest BCUT2D eigenvalue weighted by atomic mass is 32.1. The minimum absolute atomic E-state index is 0.579. The first kappa shape index (κ1) is 11.2. The van der Waals surface area contributed by atoms with Crippen LogP contribution in [-0.4, -0.2) is 6.04 Å². The monoisotopic (exact) mass is 223 g/mol. The zero-order valence-electron chi connectivity index (χ0n) is 9.70. The summed E-state index contributed by atoms with van der Waals surface area (Å²) in [4.78, 5) is 1.50. The predicted molar refractivity (Wildman–Crippen MR) is 67.3 cm³/mol. The maximum Gasteiger partial charge on any atom is 0.0414 e. The lowest BCUT2D eigenvalue weighted by atomic mass is 10.1. The molecule has 1 N–H and O–H groups in total. The molecular formula is C13H21NS. The normalized spacial score (nSPS) is 20.1. The Bertz CT molecular complexity index is 277. The quantitative estimate of drug-likeness (QED) is 0.769. The van der Waals surface area contributed by atoms with Crippen molar-refractivity contribution >= 4 is 11.3 Å². The molecule has 1 heterocycles. The first-order chi connectivity index (χ1) is 7.35. The topological polar surface area (TPSA) is 12.0 Å². The molecule has 1 nitrogen and oxygen atoms in total. The van der Waals surface area contributed by atoms with E-state index in [-0.39, 0.29) is 0 Å². The fourth-order valence-electron chi connectivity index (χ4n) is 2.23. The third kappa shape index (κ3) is 2.82. The Morgan fingerprint density at radius 1 is 1.40 bits per heavy atom. The van der Waals surface area contributed by atoms with Crippen LogP contribution in [0.5, 0.6) is 0 Å². The highest BCUT2D eigenvalue weighted by Crippen LogP contribution is 2.35. The summed E-state index contributed by atoms with van der Waals surface area (Å²) in [5.74, 6) is 0.962. The zero-order valence-corrected chi connectivity index (χ0v) is 10.5. The SMILES string of the molecule is CCC(NC(CC)C1CC1)c1cccs1. The first-order valence-corrected chi connectivity index (χ1v) is 7.02. The van der Waals surface area contributed by atoms with Gasteiger partial charge in [0.2, 0.25) is 0 Å². The predicted octanol–water partition coefficient (Wildman–Crippen LogP) is 3.98. The summed E-state index contributed by atoms with van der Waals surface area (Å²) in [6, 6.07) is 5.74. The van der Waals surface area contributed by atoms with Gasteiger partial charge in [-0.05, 0) is 43.0 Å². The van der Waals surface area contributed by atoms with Crippen LogP contribution in [0.3, 0.4) is 0 Å². The second-order valence-corrected chi connectivity index (χ2v) is 5.47. The molecule has 1 aromatic rings. The largest absolute Gasteiger partial charge is 0.306 e. The van der Waals surface area contributed by atoms with Crippen molar-refractivity contribution in [1.29, 1.82) is 0 Å². The highest BCUT2D eigenvalue weighted by molar-refractivity contribution is 7.10. The molecule has 0 aliphatic heterocycles. The van der Waals surface area contributed by atoms with E-state index in [0.717, 1.165) is 12.0 Å². The van der Waals surface area contributed by atoms with Crippen LogP contribution in [0.1, 0.15) is 50.4 Å². The van der Waals surface area contributed by atoms with Crippen LogP contribution < -0.4 is 5.32 Å². The Morgan fingerprint density at radius 2 is 2.20 bits per heavy atom. The molecule has 0 spiro atoms. The van der Waals surface area contributed by atoms with E-state index in [1.807, 2.05) is 11.3 Å². The maximum atomic E-state index is 3.83. The summed E-state index contributed by atoms with van der Waals surface area (Å²) in [6.45, 7) is 4.58. The van der Waals surface area contributed by atoms with E-state index in [1.54, 1.807) is 0 Å². The molecule has 2 unspecified atom stereocenters. The minimum Gasteiger partial charge on any atom is -0.306 e. The number of rotatable bonds is 6. The smallest absolute Gasteiger partial charge is 0.0414 e. The second-order valence-electron chi connectivity index (χ2n) is 4.50. The van der Waals surface area contributed by atoms with E-state index >= 15 is 0 Å². The molecule has 1 aliphatic rings. The van der Waals surface area contributed by atoms with Crippen molar-refractivity contribution in [2.75, 3.05) is 0 Å². The summed E-state index contributed by atoms with van der Waals surface area (Å²) in [7, 11) is 0. The van der Waals surface area contributed by atoms with Gasteiger partial charge in [0, 0.05) is 17.0 Å². The van der Waals surface area contributed by atoms with Gasteiger partial charge in [-0.25, -0.2) is 0 Å². The third-order valence-corrected chi connectivity index (χ3v) is 4.33. The summed E-state index contributed by atoms with van der Waals surface area (Å²) < 4.78 is 0. The molecule has 15 heavy (non-hydrogen) atoms.